The number of amides is 4. The number of benzene rings is 2. The van der Waals surface area contributed by atoms with Gasteiger partial charge in [-0.25, -0.2) is 14.6 Å². The Morgan fingerprint density at radius 3 is 2.75 bits per heavy atom. The molecule has 0 aliphatic carbocycles. The van der Waals surface area contributed by atoms with Gasteiger partial charge in [-0.2, -0.15) is 0 Å². The van der Waals surface area contributed by atoms with Gasteiger partial charge >= 0.3 is 12.1 Å². The van der Waals surface area contributed by atoms with Crippen LogP contribution in [0.5, 0.6) is 0 Å². The van der Waals surface area contributed by atoms with Crippen molar-refractivity contribution < 1.29 is 9.59 Å². The summed E-state index contributed by atoms with van der Waals surface area (Å²) in [6.45, 7) is 1.91. The molecule has 0 saturated carbocycles. The average Bonchev–Trinajstić information content (AvgIpc) is 3.49. The molecule has 4 amide bonds. The largest absolute Gasteiger partial charge is 0.340 e. The molecule has 0 unspecified atom stereocenters. The first-order valence-electron chi connectivity index (χ1n) is 11.0. The molecule has 1 atom stereocenters. The zero-order valence-corrected chi connectivity index (χ0v) is 17.8. The fourth-order valence-electron chi connectivity index (χ4n) is 4.39. The van der Waals surface area contributed by atoms with Crippen LogP contribution < -0.4 is 15.5 Å². The van der Waals surface area contributed by atoms with Crippen LogP contribution in [0, 0.1) is 0 Å². The van der Waals surface area contributed by atoms with Crippen LogP contribution in [-0.4, -0.2) is 46.6 Å². The van der Waals surface area contributed by atoms with Gasteiger partial charge in [-0.15, -0.1) is 0 Å². The highest BCUT2D eigenvalue weighted by Gasteiger charge is 2.30. The Labute approximate surface area is 186 Å². The average molecular weight is 431 g/mol. The number of carbonyl (C=O) groups is 2. The second kappa shape index (κ2) is 8.74. The molecule has 0 bridgehead atoms. The standard InChI is InChI=1S/C24H26N6O2/c31-23-25-12-14-29(23)19-10-6-9-18(15-19)27-24(32)30-13-5-4-11-21(30)22-26-16-20(28-22)17-7-2-1-3-8-17/h1-3,6-10,15-16,21H,4-5,11-14H2,(H,25,31)(H,26,28)(H,27,32)/t21-/m0/s1. The van der Waals surface area contributed by atoms with E-state index < -0.39 is 0 Å². The number of nitrogens with zero attached hydrogens (tertiary/aromatic N) is 3. The van der Waals surface area contributed by atoms with Crippen molar-refractivity contribution in [3.05, 3.63) is 66.6 Å². The van der Waals surface area contributed by atoms with E-state index in [0.29, 0.717) is 25.3 Å². The van der Waals surface area contributed by atoms with E-state index in [9.17, 15) is 9.59 Å². The Kier molecular flexibility index (Phi) is 5.49. The van der Waals surface area contributed by atoms with Crippen LogP contribution in [0.15, 0.2) is 60.8 Å². The van der Waals surface area contributed by atoms with Crippen molar-refractivity contribution in [1.82, 2.24) is 20.2 Å². The molecule has 3 aromatic rings. The van der Waals surface area contributed by atoms with Crippen LogP contribution in [0.4, 0.5) is 21.0 Å². The number of aromatic amines is 1. The summed E-state index contributed by atoms with van der Waals surface area (Å²) in [4.78, 5) is 36.7. The number of likely N-dealkylation sites (tertiary alicyclic amines) is 1. The Hall–Kier alpha value is -3.81. The molecule has 2 aliphatic rings. The molecule has 32 heavy (non-hydrogen) atoms. The van der Waals surface area contributed by atoms with Crippen molar-refractivity contribution in [3.8, 4) is 11.3 Å². The van der Waals surface area contributed by atoms with Crippen LogP contribution in [0.2, 0.25) is 0 Å². The fourth-order valence-corrected chi connectivity index (χ4v) is 4.39. The second-order valence-electron chi connectivity index (χ2n) is 8.12. The normalized spacial score (nSPS) is 18.5. The molecule has 2 aromatic carbocycles. The van der Waals surface area contributed by atoms with Crippen molar-refractivity contribution in [3.63, 3.8) is 0 Å². The minimum absolute atomic E-state index is 0.103. The summed E-state index contributed by atoms with van der Waals surface area (Å²) in [5.41, 5.74) is 3.46. The van der Waals surface area contributed by atoms with E-state index in [1.807, 2.05) is 65.7 Å². The van der Waals surface area contributed by atoms with Gasteiger partial charge in [-0.3, -0.25) is 4.90 Å². The van der Waals surface area contributed by atoms with E-state index in [0.717, 1.165) is 42.0 Å². The fraction of sp³-hybridized carbons (Fsp3) is 0.292. The first-order chi connectivity index (χ1) is 15.7. The van der Waals surface area contributed by atoms with Gasteiger partial charge < -0.3 is 20.5 Å². The zero-order chi connectivity index (χ0) is 21.9. The van der Waals surface area contributed by atoms with Gasteiger partial charge in [0.15, 0.2) is 0 Å². The summed E-state index contributed by atoms with van der Waals surface area (Å²) < 4.78 is 0. The number of aromatic nitrogens is 2. The highest BCUT2D eigenvalue weighted by molar-refractivity contribution is 5.96. The predicted molar refractivity (Wildman–Crippen MR) is 124 cm³/mol. The van der Waals surface area contributed by atoms with Crippen molar-refractivity contribution in [2.24, 2.45) is 0 Å². The molecule has 5 rings (SSSR count). The lowest BCUT2D eigenvalue weighted by molar-refractivity contribution is 0.160. The summed E-state index contributed by atoms with van der Waals surface area (Å²) >= 11 is 0. The SMILES string of the molecule is O=C1NCCN1c1cccc(NC(=O)N2CCCC[C@H]2c2ncc(-c3ccccc3)[nH]2)c1. The topological polar surface area (TPSA) is 93.4 Å². The van der Waals surface area contributed by atoms with Crippen molar-refractivity contribution in [2.45, 2.75) is 25.3 Å². The Bertz CT molecular complexity index is 1110. The summed E-state index contributed by atoms with van der Waals surface area (Å²) in [5.74, 6) is 0.807. The molecular weight excluding hydrogens is 404 g/mol. The third-order valence-corrected chi connectivity index (χ3v) is 6.03. The van der Waals surface area contributed by atoms with E-state index >= 15 is 0 Å². The van der Waals surface area contributed by atoms with Crippen molar-refractivity contribution >= 4 is 23.4 Å². The number of hydrogen-bond acceptors (Lipinski definition) is 3. The van der Waals surface area contributed by atoms with E-state index in [-0.39, 0.29) is 18.1 Å². The molecule has 0 radical (unpaired) electrons. The molecule has 8 nitrogen and oxygen atoms in total. The van der Waals surface area contributed by atoms with Crippen LogP contribution in [0.25, 0.3) is 11.3 Å². The minimum Gasteiger partial charge on any atom is -0.340 e. The minimum atomic E-state index is -0.157. The van der Waals surface area contributed by atoms with Crippen molar-refractivity contribution in [2.75, 3.05) is 29.9 Å². The van der Waals surface area contributed by atoms with Gasteiger partial charge in [0.1, 0.15) is 5.82 Å². The first-order valence-corrected chi connectivity index (χ1v) is 11.0. The molecule has 1 aromatic heterocycles. The number of piperidine rings is 1. The summed E-state index contributed by atoms with van der Waals surface area (Å²) in [5, 5.41) is 5.81. The third kappa shape index (κ3) is 4.03. The Balaban J connectivity index is 1.33. The second-order valence-corrected chi connectivity index (χ2v) is 8.12. The lowest BCUT2D eigenvalue weighted by Gasteiger charge is -2.34. The molecule has 3 N–H and O–H groups in total. The van der Waals surface area contributed by atoms with E-state index in [1.54, 1.807) is 4.90 Å². The number of rotatable bonds is 4. The van der Waals surface area contributed by atoms with Gasteiger partial charge in [0.05, 0.1) is 17.9 Å². The number of nitrogens with one attached hydrogen (secondary N) is 3. The number of carbonyl (C=O) groups excluding carboxylic acids is 2. The van der Waals surface area contributed by atoms with Crippen molar-refractivity contribution in [1.29, 1.82) is 0 Å². The molecule has 164 valence electrons. The maximum absolute atomic E-state index is 13.2. The lowest BCUT2D eigenvalue weighted by Crippen LogP contribution is -2.41. The monoisotopic (exact) mass is 430 g/mol. The van der Waals surface area contributed by atoms with Gasteiger partial charge in [0.2, 0.25) is 0 Å². The highest BCUT2D eigenvalue weighted by atomic mass is 16.2. The third-order valence-electron chi connectivity index (χ3n) is 6.03. The number of hydrogen-bond donors (Lipinski definition) is 3. The first kappa shape index (κ1) is 20.1. The molecule has 2 saturated heterocycles. The number of urea groups is 2. The zero-order valence-electron chi connectivity index (χ0n) is 17.8. The van der Waals surface area contributed by atoms with Crippen LogP contribution in [-0.2, 0) is 0 Å². The van der Waals surface area contributed by atoms with E-state index in [2.05, 4.69) is 20.6 Å². The molecule has 2 fully saturated rings. The Morgan fingerprint density at radius 1 is 1.06 bits per heavy atom. The molecular formula is C24H26N6O2. The van der Waals surface area contributed by atoms with Gasteiger partial charge in [0.25, 0.3) is 0 Å². The van der Waals surface area contributed by atoms with Gasteiger partial charge in [0, 0.05) is 31.0 Å². The summed E-state index contributed by atoms with van der Waals surface area (Å²) in [7, 11) is 0. The van der Waals surface area contributed by atoms with E-state index in [4.69, 9.17) is 0 Å². The molecule has 8 heteroatoms. The van der Waals surface area contributed by atoms with Crippen LogP contribution >= 0.6 is 0 Å². The maximum Gasteiger partial charge on any atom is 0.322 e. The van der Waals surface area contributed by atoms with Gasteiger partial charge in [-0.05, 0) is 43.0 Å². The molecule has 2 aliphatic heterocycles. The van der Waals surface area contributed by atoms with Crippen LogP contribution in [0.3, 0.4) is 0 Å². The van der Waals surface area contributed by atoms with Gasteiger partial charge in [-0.1, -0.05) is 36.4 Å². The lowest BCUT2D eigenvalue weighted by atomic mass is 10.0. The summed E-state index contributed by atoms with van der Waals surface area (Å²) in [6.07, 6.45) is 4.71. The summed E-state index contributed by atoms with van der Waals surface area (Å²) in [6, 6.07) is 17.1. The molecule has 0 spiro atoms. The molecule has 3 heterocycles. The van der Waals surface area contributed by atoms with E-state index in [1.165, 1.54) is 0 Å². The maximum atomic E-state index is 13.2. The predicted octanol–water partition coefficient (Wildman–Crippen LogP) is 4.37. The number of anilines is 2. The Morgan fingerprint density at radius 2 is 1.94 bits per heavy atom. The number of imidazole rings is 1. The smallest absolute Gasteiger partial charge is 0.322 e. The van der Waals surface area contributed by atoms with Crippen LogP contribution in [0.1, 0.15) is 31.1 Å². The number of H-pyrrole nitrogens is 1. The highest BCUT2D eigenvalue weighted by Crippen LogP contribution is 2.31. The quantitative estimate of drug-likeness (QED) is 0.574.